The van der Waals surface area contributed by atoms with E-state index in [0.29, 0.717) is 23.4 Å². The Balaban J connectivity index is 2.39. The van der Waals surface area contributed by atoms with Crippen LogP contribution in [0.2, 0.25) is 0 Å². The third-order valence-corrected chi connectivity index (χ3v) is 3.87. The highest BCUT2D eigenvalue weighted by molar-refractivity contribution is 6.10. The largest absolute Gasteiger partial charge is 0.492 e. The predicted octanol–water partition coefficient (Wildman–Crippen LogP) is 4.11. The summed E-state index contributed by atoms with van der Waals surface area (Å²) in [5, 5.41) is 2.41. The van der Waals surface area contributed by atoms with Crippen LogP contribution in [0.5, 0.6) is 0 Å². The van der Waals surface area contributed by atoms with E-state index < -0.39 is 11.7 Å². The summed E-state index contributed by atoms with van der Waals surface area (Å²) in [6.45, 7) is 2.10. The van der Waals surface area contributed by atoms with Crippen LogP contribution in [0.1, 0.15) is 31.7 Å². The number of nitrogens with two attached hydrogens (primary N) is 1. The third kappa shape index (κ3) is 4.87. The van der Waals surface area contributed by atoms with Crippen molar-refractivity contribution in [3.63, 3.8) is 0 Å². The van der Waals surface area contributed by atoms with Crippen molar-refractivity contribution in [3.8, 4) is 0 Å². The Morgan fingerprint density at radius 1 is 1.33 bits per heavy atom. The van der Waals surface area contributed by atoms with E-state index in [1.807, 2.05) is 6.08 Å². The molecule has 1 heterocycles. The number of aromatic nitrogens is 2. The molecule has 27 heavy (non-hydrogen) atoms. The molecule has 0 aromatic carbocycles. The Morgan fingerprint density at radius 2 is 2.07 bits per heavy atom. The molecule has 0 saturated carbocycles. The van der Waals surface area contributed by atoms with Gasteiger partial charge in [-0.05, 0) is 18.1 Å². The fraction of sp³-hybridized carbons (Fsp3) is 0.389. The maximum absolute atomic E-state index is 12.9. The minimum atomic E-state index is -4.56. The third-order valence-electron chi connectivity index (χ3n) is 3.87. The number of unbranched alkanes of at least 4 members (excludes halogenated alkanes) is 2. The van der Waals surface area contributed by atoms with E-state index in [1.54, 1.807) is 12.2 Å². The van der Waals surface area contributed by atoms with Crippen LogP contribution in [-0.2, 0) is 10.9 Å². The van der Waals surface area contributed by atoms with Crippen molar-refractivity contribution in [1.82, 2.24) is 9.97 Å². The second kappa shape index (κ2) is 8.70. The number of aliphatic imine (C=N–C) groups is 1. The van der Waals surface area contributed by atoms with Crippen LogP contribution in [0, 0.1) is 0 Å². The molecule has 1 aromatic heterocycles. The Bertz CT molecular complexity index is 810. The first-order valence-corrected chi connectivity index (χ1v) is 8.45. The molecule has 146 valence electrons. The van der Waals surface area contributed by atoms with E-state index in [9.17, 15) is 13.2 Å². The summed E-state index contributed by atoms with van der Waals surface area (Å²) in [5.74, 6) is -0.157. The van der Waals surface area contributed by atoms with Crippen molar-refractivity contribution < 1.29 is 17.9 Å². The number of anilines is 1. The van der Waals surface area contributed by atoms with Gasteiger partial charge in [-0.15, -0.1) is 0 Å². The minimum absolute atomic E-state index is 0.132. The van der Waals surface area contributed by atoms with Crippen LogP contribution in [0.25, 0.3) is 0 Å². The standard InChI is InChI=1S/C18H22F3N5O/c1-4-5-6-7-11-8-9-13(15(27-3)14(11)22)25-17-24-10-12(18(19,20)21)16(23-2)26-17/h7-10H,4-6,22H2,1-3H3,(H,23,24,26)/b11-7-,25-13+. The lowest BCUT2D eigenvalue weighted by Crippen LogP contribution is -2.17. The Morgan fingerprint density at radius 3 is 2.67 bits per heavy atom. The smallest absolute Gasteiger partial charge is 0.421 e. The second-order valence-corrected chi connectivity index (χ2v) is 5.76. The van der Waals surface area contributed by atoms with Gasteiger partial charge >= 0.3 is 6.18 Å². The lowest BCUT2D eigenvalue weighted by Gasteiger charge is -2.16. The molecule has 0 fully saturated rings. The lowest BCUT2D eigenvalue weighted by atomic mass is 10.0. The van der Waals surface area contributed by atoms with Gasteiger partial charge in [0.1, 0.15) is 17.1 Å². The molecule has 0 radical (unpaired) electrons. The number of rotatable bonds is 6. The lowest BCUT2D eigenvalue weighted by molar-refractivity contribution is -0.137. The van der Waals surface area contributed by atoms with Gasteiger partial charge in [-0.1, -0.05) is 31.9 Å². The molecule has 2 rings (SSSR count). The number of allylic oxidation sites excluding steroid dienone is 3. The Hall–Kier alpha value is -2.84. The topological polar surface area (TPSA) is 85.4 Å². The first-order chi connectivity index (χ1) is 12.8. The highest BCUT2D eigenvalue weighted by Gasteiger charge is 2.35. The fourth-order valence-corrected chi connectivity index (χ4v) is 2.48. The van der Waals surface area contributed by atoms with Crippen molar-refractivity contribution in [2.75, 3.05) is 19.5 Å². The number of alkyl halides is 3. The van der Waals surface area contributed by atoms with Crippen molar-refractivity contribution in [1.29, 1.82) is 0 Å². The predicted molar refractivity (Wildman–Crippen MR) is 98.6 cm³/mol. The number of hydrogen-bond acceptors (Lipinski definition) is 6. The molecular formula is C18H22F3N5O. The van der Waals surface area contributed by atoms with Crippen LogP contribution in [-0.4, -0.2) is 29.8 Å². The van der Waals surface area contributed by atoms with Gasteiger partial charge in [0.05, 0.1) is 12.8 Å². The van der Waals surface area contributed by atoms with Crippen molar-refractivity contribution >= 4 is 17.5 Å². The molecule has 0 bridgehead atoms. The Kier molecular flexibility index (Phi) is 6.59. The van der Waals surface area contributed by atoms with Crippen molar-refractivity contribution in [3.05, 3.63) is 47.0 Å². The average Bonchev–Trinajstić information content (AvgIpc) is 2.63. The van der Waals surface area contributed by atoms with E-state index in [0.717, 1.165) is 24.8 Å². The van der Waals surface area contributed by atoms with Crippen LogP contribution < -0.4 is 11.1 Å². The number of hydrogen-bond donors (Lipinski definition) is 2. The molecule has 0 atom stereocenters. The summed E-state index contributed by atoms with van der Waals surface area (Å²) in [7, 11) is 2.80. The molecule has 1 aliphatic rings. The normalized spacial score (nSPS) is 17.7. The highest BCUT2D eigenvalue weighted by atomic mass is 19.4. The summed E-state index contributed by atoms with van der Waals surface area (Å²) >= 11 is 0. The van der Waals surface area contributed by atoms with Gasteiger partial charge < -0.3 is 15.8 Å². The van der Waals surface area contributed by atoms with Crippen LogP contribution in [0.15, 0.2) is 46.4 Å². The minimum Gasteiger partial charge on any atom is -0.492 e. The second-order valence-electron chi connectivity index (χ2n) is 5.76. The summed E-state index contributed by atoms with van der Waals surface area (Å²) in [5.41, 5.74) is 6.76. The zero-order valence-corrected chi connectivity index (χ0v) is 15.4. The number of ether oxygens (including phenoxy) is 1. The van der Waals surface area contributed by atoms with Crippen LogP contribution in [0.3, 0.4) is 0 Å². The van der Waals surface area contributed by atoms with E-state index >= 15 is 0 Å². The quantitative estimate of drug-likeness (QED) is 0.724. The molecule has 0 aliphatic heterocycles. The number of methoxy groups -OCH3 is 1. The number of nitrogens with zero attached hydrogens (tertiary/aromatic N) is 3. The highest BCUT2D eigenvalue weighted by Crippen LogP contribution is 2.34. The first-order valence-electron chi connectivity index (χ1n) is 8.45. The first kappa shape index (κ1) is 20.5. The SMILES string of the molecule is CCCC/C=C1C=C/C(=N\c2ncc(C(F)(F)F)c(NC)n2)C(OC)=C/1N. The molecule has 3 N–H and O–H groups in total. The van der Waals surface area contributed by atoms with Crippen LogP contribution >= 0.6 is 0 Å². The average molecular weight is 381 g/mol. The zero-order valence-electron chi connectivity index (χ0n) is 15.4. The molecule has 6 nitrogen and oxygen atoms in total. The number of nitrogens with one attached hydrogen (secondary N) is 1. The van der Waals surface area contributed by atoms with Crippen molar-refractivity contribution in [2.24, 2.45) is 10.7 Å². The molecule has 0 spiro atoms. The maximum Gasteiger partial charge on any atom is 0.421 e. The molecule has 1 aromatic rings. The van der Waals surface area contributed by atoms with Gasteiger partial charge in [0.2, 0.25) is 0 Å². The molecule has 1 aliphatic carbocycles. The van der Waals surface area contributed by atoms with Gasteiger partial charge in [-0.2, -0.15) is 18.2 Å². The van der Waals surface area contributed by atoms with Crippen LogP contribution in [0.4, 0.5) is 24.9 Å². The van der Waals surface area contributed by atoms with E-state index in [-0.39, 0.29) is 11.8 Å². The molecular weight excluding hydrogens is 359 g/mol. The van der Waals surface area contributed by atoms with Gasteiger partial charge in [-0.25, -0.2) is 9.98 Å². The number of halogens is 3. The van der Waals surface area contributed by atoms with Gasteiger partial charge in [0.25, 0.3) is 5.95 Å². The fourth-order valence-electron chi connectivity index (χ4n) is 2.48. The maximum atomic E-state index is 12.9. The van der Waals surface area contributed by atoms with Crippen molar-refractivity contribution in [2.45, 2.75) is 32.4 Å². The summed E-state index contributed by atoms with van der Waals surface area (Å²) in [6.07, 6.45) is 4.60. The van der Waals surface area contributed by atoms with Gasteiger partial charge in [0, 0.05) is 13.2 Å². The molecule has 9 heteroatoms. The van der Waals surface area contributed by atoms with Gasteiger partial charge in [-0.3, -0.25) is 0 Å². The van der Waals surface area contributed by atoms with E-state index in [2.05, 4.69) is 27.2 Å². The summed E-state index contributed by atoms with van der Waals surface area (Å²) in [6, 6.07) is 0. The van der Waals surface area contributed by atoms with E-state index in [4.69, 9.17) is 10.5 Å². The van der Waals surface area contributed by atoms with Gasteiger partial charge in [0.15, 0.2) is 5.76 Å². The molecule has 0 unspecified atom stereocenters. The van der Waals surface area contributed by atoms with E-state index in [1.165, 1.54) is 14.2 Å². The monoisotopic (exact) mass is 381 g/mol. The zero-order chi connectivity index (χ0) is 20.0. The summed E-state index contributed by atoms with van der Waals surface area (Å²) in [4.78, 5) is 11.7. The summed E-state index contributed by atoms with van der Waals surface area (Å²) < 4.78 is 44.2. The Labute approximate surface area is 155 Å². The molecule has 0 amide bonds. The molecule has 0 saturated heterocycles.